The Kier molecular flexibility index (Phi) is 8.33. The molecule has 3 heterocycles. The van der Waals surface area contributed by atoms with Crippen LogP contribution in [0.5, 0.6) is 0 Å². The van der Waals surface area contributed by atoms with E-state index >= 15 is 0 Å². The second kappa shape index (κ2) is 11.1. The van der Waals surface area contributed by atoms with Crippen molar-refractivity contribution < 1.29 is 9.84 Å². The highest BCUT2D eigenvalue weighted by Gasteiger charge is 2.24. The van der Waals surface area contributed by atoms with Crippen molar-refractivity contribution in [2.45, 2.75) is 57.4 Å². The largest absolute Gasteiger partial charge is 0.380 e. The Morgan fingerprint density at radius 3 is 2.57 bits per heavy atom. The number of halogens is 1. The predicted octanol–water partition coefficient (Wildman–Crippen LogP) is 5.12. The number of hydrogen-bond donors (Lipinski definition) is 1. The van der Waals surface area contributed by atoms with Gasteiger partial charge in [-0.15, -0.1) is 0 Å². The lowest BCUT2D eigenvalue weighted by atomic mass is 10.0. The minimum Gasteiger partial charge on any atom is -0.380 e. The molecule has 0 radical (unpaired) electrons. The van der Waals surface area contributed by atoms with Crippen LogP contribution in [0.3, 0.4) is 0 Å². The van der Waals surface area contributed by atoms with Crippen LogP contribution in [0.25, 0.3) is 11.0 Å². The Bertz CT molecular complexity index is 1140. The molecule has 0 aliphatic carbocycles. The predicted molar refractivity (Wildman–Crippen MR) is 149 cm³/mol. The molecule has 35 heavy (non-hydrogen) atoms. The quantitative estimate of drug-likeness (QED) is 0.223. The highest BCUT2D eigenvalue weighted by Crippen LogP contribution is 2.30. The number of piperidine rings is 1. The van der Waals surface area contributed by atoms with Gasteiger partial charge < -0.3 is 24.2 Å². The van der Waals surface area contributed by atoms with E-state index in [2.05, 4.69) is 82.6 Å². The van der Waals surface area contributed by atoms with Gasteiger partial charge in [-0.1, -0.05) is 19.6 Å². The third kappa shape index (κ3) is 6.51. The number of hydrogen-bond acceptors (Lipinski definition) is 6. The van der Waals surface area contributed by atoms with Gasteiger partial charge in [0, 0.05) is 45.7 Å². The Balaban J connectivity index is 1.62. The highest BCUT2D eigenvalue weighted by atomic mass is 79.9. The van der Waals surface area contributed by atoms with Crippen LogP contribution in [-0.4, -0.2) is 72.4 Å². The van der Waals surface area contributed by atoms with E-state index in [4.69, 9.17) is 9.72 Å². The van der Waals surface area contributed by atoms with Gasteiger partial charge in [-0.05, 0) is 84.8 Å². The van der Waals surface area contributed by atoms with E-state index < -0.39 is 14.2 Å². The van der Waals surface area contributed by atoms with Crippen molar-refractivity contribution in [3.05, 3.63) is 52.5 Å². The molecule has 190 valence electrons. The lowest BCUT2D eigenvalue weighted by molar-refractivity contribution is 0.0815. The second-order valence-electron chi connectivity index (χ2n) is 10.9. The summed E-state index contributed by atoms with van der Waals surface area (Å²) in [6.07, 6.45) is 3.13. The molecule has 1 unspecified atom stereocenters. The topological polar surface area (TPSA) is 66.7 Å². The molecule has 1 fully saturated rings. The van der Waals surface area contributed by atoms with Gasteiger partial charge in [0.25, 0.3) is 0 Å². The number of ether oxygens (including phenoxy) is 1. The van der Waals surface area contributed by atoms with E-state index in [9.17, 15) is 5.11 Å². The Labute approximate surface area is 218 Å². The first-order valence-electron chi connectivity index (χ1n) is 12.4. The summed E-state index contributed by atoms with van der Waals surface area (Å²) >= 11 is 3.41. The van der Waals surface area contributed by atoms with E-state index in [1.54, 1.807) is 6.20 Å². The van der Waals surface area contributed by atoms with E-state index in [-0.39, 0.29) is 0 Å². The first kappa shape index (κ1) is 26.3. The van der Waals surface area contributed by atoms with Crippen LogP contribution in [0.2, 0.25) is 25.7 Å². The summed E-state index contributed by atoms with van der Waals surface area (Å²) < 4.78 is 8.80. The molecule has 0 amide bonds. The zero-order chi connectivity index (χ0) is 25.2. The second-order valence-corrected chi connectivity index (χ2v) is 17.3. The lowest BCUT2D eigenvalue weighted by Crippen LogP contribution is -2.41. The van der Waals surface area contributed by atoms with Crippen LogP contribution in [0, 0.1) is 0 Å². The normalized spacial score (nSPS) is 16.4. The summed E-state index contributed by atoms with van der Waals surface area (Å²) in [6, 6.07) is 11.9. The third-order valence-electron chi connectivity index (χ3n) is 6.85. The van der Waals surface area contributed by atoms with Gasteiger partial charge in [0.15, 0.2) is 0 Å². The highest BCUT2D eigenvalue weighted by molar-refractivity contribution is 9.10. The van der Waals surface area contributed by atoms with Crippen molar-refractivity contribution in [2.24, 2.45) is 0 Å². The number of imidazole rings is 1. The van der Waals surface area contributed by atoms with Gasteiger partial charge in [0.05, 0.1) is 11.0 Å². The van der Waals surface area contributed by atoms with Crippen LogP contribution in [0.4, 0.5) is 5.69 Å². The van der Waals surface area contributed by atoms with Crippen molar-refractivity contribution >= 4 is 40.7 Å². The molecule has 0 spiro atoms. The fourth-order valence-electron chi connectivity index (χ4n) is 4.59. The van der Waals surface area contributed by atoms with Crippen molar-refractivity contribution in [2.75, 3.05) is 38.7 Å². The van der Waals surface area contributed by atoms with Gasteiger partial charge in [-0.25, -0.2) is 9.97 Å². The summed E-state index contributed by atoms with van der Waals surface area (Å²) in [6.45, 7) is 10.2. The average molecular weight is 561 g/mol. The molecule has 1 aromatic carbocycles. The maximum atomic E-state index is 11.3. The molecule has 1 atom stereocenters. The van der Waals surface area contributed by atoms with Crippen molar-refractivity contribution in [1.29, 1.82) is 0 Å². The van der Waals surface area contributed by atoms with E-state index in [1.807, 2.05) is 16.7 Å². The molecule has 4 rings (SSSR count). The summed E-state index contributed by atoms with van der Waals surface area (Å²) in [4.78, 5) is 13.9. The van der Waals surface area contributed by atoms with E-state index in [0.29, 0.717) is 29.8 Å². The Morgan fingerprint density at radius 2 is 1.91 bits per heavy atom. The molecule has 7 nitrogen and oxygen atoms in total. The number of fused-ring (bicyclic) bond motifs is 1. The fourth-order valence-corrected chi connectivity index (χ4v) is 5.73. The van der Waals surface area contributed by atoms with Crippen molar-refractivity contribution in [3.8, 4) is 0 Å². The minimum atomic E-state index is -1.19. The summed E-state index contributed by atoms with van der Waals surface area (Å²) in [5.74, 6) is 0.592. The number of rotatable bonds is 9. The number of benzene rings is 1. The number of aliphatic hydroxyl groups is 1. The maximum Gasteiger partial charge on any atom is 0.145 e. The van der Waals surface area contributed by atoms with E-state index in [0.717, 1.165) is 48.6 Å². The number of aliphatic hydroxyl groups excluding tert-OH is 1. The molecule has 1 N–H and O–H groups in total. The van der Waals surface area contributed by atoms with Crippen molar-refractivity contribution in [1.82, 2.24) is 19.4 Å². The molecule has 2 aromatic heterocycles. The first-order valence-corrected chi connectivity index (χ1v) is 16.9. The molecule has 9 heteroatoms. The minimum absolute atomic E-state index is 0.368. The van der Waals surface area contributed by atoms with Crippen molar-refractivity contribution in [3.63, 3.8) is 0 Å². The van der Waals surface area contributed by atoms with Gasteiger partial charge in [-0.2, -0.15) is 0 Å². The molecule has 0 saturated carbocycles. The first-order chi connectivity index (χ1) is 16.6. The van der Waals surface area contributed by atoms with Crippen LogP contribution in [-0.2, 0) is 11.5 Å². The van der Waals surface area contributed by atoms with Crippen LogP contribution in [0.1, 0.15) is 30.3 Å². The van der Waals surface area contributed by atoms with Crippen LogP contribution >= 0.6 is 15.9 Å². The summed E-state index contributed by atoms with van der Waals surface area (Å²) in [5, 5.41) is 11.3. The van der Waals surface area contributed by atoms with Crippen LogP contribution in [0.15, 0.2) is 41.1 Å². The number of pyridine rings is 1. The number of nitrogens with zero attached hydrogens (tertiary/aromatic N) is 5. The number of anilines is 1. The molecular weight excluding hydrogens is 522 g/mol. The monoisotopic (exact) mass is 559 g/mol. The fraction of sp³-hybridized carbons (Fsp3) is 0.538. The van der Waals surface area contributed by atoms with Gasteiger partial charge in [0.1, 0.15) is 23.3 Å². The Morgan fingerprint density at radius 1 is 1.17 bits per heavy atom. The maximum absolute atomic E-state index is 11.3. The third-order valence-corrected chi connectivity index (χ3v) is 8.99. The zero-order valence-electron chi connectivity index (χ0n) is 21.5. The molecule has 1 aliphatic rings. The lowest BCUT2D eigenvalue weighted by Gasteiger charge is -2.36. The SMILES string of the molecule is CN(C)C1CCN(c2ccc3c(c2)nc(C(O)c2ccnc(Br)c2)n3COCC[Si](C)(C)C)CC1. The zero-order valence-corrected chi connectivity index (χ0v) is 24.1. The number of aromatic nitrogens is 3. The molecule has 1 aliphatic heterocycles. The van der Waals surface area contributed by atoms with E-state index in [1.165, 1.54) is 5.69 Å². The average Bonchev–Trinajstić information content (AvgIpc) is 3.18. The molecule has 3 aromatic rings. The van der Waals surface area contributed by atoms with Gasteiger partial charge >= 0.3 is 0 Å². The molecule has 1 saturated heterocycles. The van der Waals surface area contributed by atoms with Gasteiger partial charge in [0.2, 0.25) is 0 Å². The standard InChI is InChI=1S/C26H38BrN5O2Si/c1-30(2)20-9-12-31(13-10-20)21-6-7-23-22(17-21)29-26(25(33)19-8-11-28-24(27)16-19)32(23)18-34-14-15-35(3,4)5/h6-8,11,16-17,20,25,33H,9-10,12-15,18H2,1-5H3. The molecule has 0 bridgehead atoms. The summed E-state index contributed by atoms with van der Waals surface area (Å²) in [7, 11) is 3.15. The van der Waals surface area contributed by atoms with Gasteiger partial charge in [-0.3, -0.25) is 0 Å². The summed E-state index contributed by atoms with van der Waals surface area (Å²) in [5.41, 5.74) is 3.79. The smallest absolute Gasteiger partial charge is 0.145 e. The Hall–Kier alpha value is -1.78. The van der Waals surface area contributed by atoms with Crippen LogP contribution < -0.4 is 4.90 Å². The molecular formula is C26H38BrN5O2Si.